The third kappa shape index (κ3) is 17.6. The number of hydrogen-bond donors (Lipinski definition) is 6. The highest BCUT2D eigenvalue weighted by atomic mass is 16.2. The van der Waals surface area contributed by atoms with Crippen LogP contribution in [0.4, 0.5) is 0 Å². The quantitative estimate of drug-likeness (QED) is 0.125. The second-order valence-corrected chi connectivity index (χ2v) is 24.1. The van der Waals surface area contributed by atoms with Crippen molar-refractivity contribution in [2.24, 2.45) is 22.7 Å². The van der Waals surface area contributed by atoms with Gasteiger partial charge in [-0.2, -0.15) is 0 Å². The highest BCUT2D eigenvalue weighted by Crippen LogP contribution is 2.35. The number of hydrogen-bond acceptors (Lipinski definition) is 11. The minimum absolute atomic E-state index is 0.0355. The Labute approximate surface area is 471 Å². The Bertz CT molecular complexity index is 2380. The second kappa shape index (κ2) is 30.2. The molecule has 2 saturated heterocycles. The number of piperazine rings is 2. The predicted octanol–water partition coefficient (Wildman–Crippen LogP) is 4.85. The van der Waals surface area contributed by atoms with Crippen LogP contribution >= 0.6 is 0 Å². The maximum Gasteiger partial charge on any atom is 0.246 e. The molecule has 2 heterocycles. The van der Waals surface area contributed by atoms with Crippen molar-refractivity contribution in [1.29, 1.82) is 0 Å². The fourth-order valence-electron chi connectivity index (χ4n) is 11.9. The summed E-state index contributed by atoms with van der Waals surface area (Å²) in [5, 5.41) is 17.9. The van der Waals surface area contributed by atoms with E-state index in [-0.39, 0.29) is 112 Å². The number of likely N-dealkylation sites (N-methyl/N-ethyl adjacent to an activating group) is 2. The molecule has 5 aliphatic rings. The van der Waals surface area contributed by atoms with Gasteiger partial charge >= 0.3 is 0 Å². The fourth-order valence-corrected chi connectivity index (χ4v) is 11.9. The van der Waals surface area contributed by atoms with Crippen molar-refractivity contribution in [3.63, 3.8) is 0 Å². The zero-order chi connectivity index (χ0) is 58.0. The summed E-state index contributed by atoms with van der Waals surface area (Å²) >= 11 is 0. The Balaban J connectivity index is 0.000000710. The van der Waals surface area contributed by atoms with Crippen molar-refractivity contribution in [3.8, 4) is 0 Å². The number of aryl methyl sites for hydroxylation is 2. The normalized spacial score (nSPS) is 22.9. The molecule has 0 spiro atoms. The first-order chi connectivity index (χ1) is 37.7. The molecule has 3 aliphatic carbocycles. The minimum atomic E-state index is -0.954. The summed E-state index contributed by atoms with van der Waals surface area (Å²) in [4.78, 5) is 114. The number of aldehydes is 1. The summed E-state index contributed by atoms with van der Waals surface area (Å²) in [6.45, 7) is 16.3. The van der Waals surface area contributed by atoms with Crippen molar-refractivity contribution >= 4 is 47.6 Å². The van der Waals surface area contributed by atoms with Crippen LogP contribution in [0.3, 0.4) is 0 Å². The molecule has 2 aromatic carbocycles. The first-order valence-corrected chi connectivity index (χ1v) is 29.3. The lowest BCUT2D eigenvalue weighted by atomic mass is 9.78. The van der Waals surface area contributed by atoms with Gasteiger partial charge in [-0.05, 0) is 130 Å². The molecule has 7 rings (SSSR count). The Kier molecular flexibility index (Phi) is 24.5. The van der Waals surface area contributed by atoms with Crippen LogP contribution in [0.5, 0.6) is 0 Å². The van der Waals surface area contributed by atoms with Gasteiger partial charge in [-0.25, -0.2) is 0 Å². The molecule has 6 unspecified atom stereocenters. The van der Waals surface area contributed by atoms with E-state index in [2.05, 4.69) is 62.2 Å². The van der Waals surface area contributed by atoms with Gasteiger partial charge in [0.15, 0.2) is 0 Å². The largest absolute Gasteiger partial charge is 0.347 e. The molecule has 2 aromatic rings. The number of nitrogens with one attached hydrogen (secondary N) is 6. The monoisotopic (exact) mass is 1100 g/mol. The number of amides is 7. The van der Waals surface area contributed by atoms with Crippen molar-refractivity contribution in [2.75, 3.05) is 73.5 Å². The molecular weight excluding hydrogens is 1000 g/mol. The summed E-state index contributed by atoms with van der Waals surface area (Å²) in [5.41, 5.74) is 4.03. The van der Waals surface area contributed by atoms with Crippen LogP contribution in [0.1, 0.15) is 154 Å². The van der Waals surface area contributed by atoms with Crippen LogP contribution in [0.25, 0.3) is 0 Å². The Morgan fingerprint density at radius 3 is 1.47 bits per heavy atom. The molecule has 438 valence electrons. The van der Waals surface area contributed by atoms with E-state index in [0.717, 1.165) is 50.5 Å². The van der Waals surface area contributed by atoms with Gasteiger partial charge in [0, 0.05) is 51.6 Å². The van der Waals surface area contributed by atoms with Crippen LogP contribution in [-0.2, 0) is 51.2 Å². The average molecular weight is 1100 g/mol. The third-order valence-corrected chi connectivity index (χ3v) is 16.3. The molecule has 6 atom stereocenters. The first kappa shape index (κ1) is 64.1. The van der Waals surface area contributed by atoms with E-state index in [1.54, 1.807) is 28.8 Å². The van der Waals surface area contributed by atoms with E-state index in [4.69, 9.17) is 0 Å². The molecule has 3 fully saturated rings. The number of nitrogens with zero attached hydrogens (tertiary/aromatic N) is 4. The molecule has 0 bridgehead atoms. The van der Waals surface area contributed by atoms with Crippen molar-refractivity contribution in [3.05, 3.63) is 70.8 Å². The first-order valence-electron chi connectivity index (χ1n) is 29.3. The number of carbonyl (C=O) groups is 8. The van der Waals surface area contributed by atoms with Crippen LogP contribution in [0.15, 0.2) is 48.5 Å². The lowest BCUT2D eigenvalue weighted by Gasteiger charge is -2.44. The number of fused-ring (bicyclic) bond motifs is 2. The third-order valence-electron chi connectivity index (χ3n) is 16.3. The van der Waals surface area contributed by atoms with Gasteiger partial charge in [0.1, 0.15) is 30.5 Å². The van der Waals surface area contributed by atoms with Crippen LogP contribution < -0.4 is 31.9 Å². The van der Waals surface area contributed by atoms with Gasteiger partial charge in [-0.1, -0.05) is 104 Å². The summed E-state index contributed by atoms with van der Waals surface area (Å²) in [6.07, 6.45) is 10.8. The molecule has 18 nitrogen and oxygen atoms in total. The molecule has 79 heavy (non-hydrogen) atoms. The standard InChI is InChI=1S/C48H75N9O8.C11H15N.C2H6/c1-47(2,3)42(52-38(59)26-49-7)45(64)56-22-20-54(28-34(56)30-58)40(61)24-31-16-18-32(19-17-31)25-41(62)55-21-23-57(46(65)43(48(4,5)6)53-39(60)27-50-8)37(29-55)44(63)51-36-15-11-13-33-12-9-10-14-35(33)36;1-12-11-8-4-6-9-5-2-3-7-10(9)11;1-2/h9-10,12,14,30-32,34,36-37,42-43,49-50H,11,13,15-29H2,1-8H3,(H,51,63)(H,52,59)(H,53,60);2-3,5,7,11-12H,4,6,8H2,1H3;1-2H3. The second-order valence-electron chi connectivity index (χ2n) is 24.1. The molecule has 7 amide bonds. The average Bonchev–Trinajstić information content (AvgIpc) is 3.46. The van der Waals surface area contributed by atoms with Crippen molar-refractivity contribution < 1.29 is 38.4 Å². The lowest BCUT2D eigenvalue weighted by Crippen LogP contribution is -2.66. The van der Waals surface area contributed by atoms with Crippen LogP contribution in [-0.4, -0.2) is 165 Å². The smallest absolute Gasteiger partial charge is 0.246 e. The summed E-state index contributed by atoms with van der Waals surface area (Å²) in [7, 11) is 5.35. The van der Waals surface area contributed by atoms with Gasteiger partial charge in [-0.3, -0.25) is 33.6 Å². The molecule has 2 aliphatic heterocycles. The van der Waals surface area contributed by atoms with E-state index in [0.29, 0.717) is 25.2 Å². The van der Waals surface area contributed by atoms with Gasteiger partial charge in [-0.15, -0.1) is 0 Å². The van der Waals surface area contributed by atoms with E-state index < -0.39 is 35.0 Å². The lowest BCUT2D eigenvalue weighted by molar-refractivity contribution is -0.152. The predicted molar refractivity (Wildman–Crippen MR) is 308 cm³/mol. The summed E-state index contributed by atoms with van der Waals surface area (Å²) in [6, 6.07) is 13.7. The molecule has 1 saturated carbocycles. The minimum Gasteiger partial charge on any atom is -0.347 e. The SMILES string of the molecule is CC.CNC1CCCc2ccccc21.CNCC(=O)NC(C(=O)N1CCN(C(=O)CC2CCC(CC(=O)N3CCN(C(=O)C(NC(=O)CNC)C(C)(C)C)C(C(=O)NC4CCCc5ccccc54)C3)CC2)CC1C=O)C(C)(C)C. The molecule has 0 aromatic heterocycles. The van der Waals surface area contributed by atoms with Gasteiger partial charge < -0.3 is 56.3 Å². The number of rotatable bonds is 16. The Morgan fingerprint density at radius 1 is 0.582 bits per heavy atom. The molecule has 18 heteroatoms. The molecule has 6 N–H and O–H groups in total. The Hall–Kier alpha value is -5.72. The highest BCUT2D eigenvalue weighted by Gasteiger charge is 2.45. The number of carbonyl (C=O) groups excluding carboxylic acids is 8. The van der Waals surface area contributed by atoms with E-state index in [1.165, 1.54) is 40.9 Å². The maximum absolute atomic E-state index is 14.4. The molecular formula is C61H96N10O8. The fraction of sp³-hybridized carbons (Fsp3) is 0.672. The van der Waals surface area contributed by atoms with Gasteiger partial charge in [0.05, 0.1) is 25.7 Å². The van der Waals surface area contributed by atoms with Crippen molar-refractivity contribution in [2.45, 2.75) is 169 Å². The zero-order valence-corrected chi connectivity index (χ0v) is 49.5. The van der Waals surface area contributed by atoms with E-state index >= 15 is 0 Å². The zero-order valence-electron chi connectivity index (χ0n) is 49.5. The summed E-state index contributed by atoms with van der Waals surface area (Å²) in [5.74, 6) is -1.61. The summed E-state index contributed by atoms with van der Waals surface area (Å²) < 4.78 is 0. The molecule has 0 radical (unpaired) electrons. The van der Waals surface area contributed by atoms with E-state index in [1.807, 2.05) is 80.6 Å². The highest BCUT2D eigenvalue weighted by molar-refractivity contribution is 5.94. The number of benzene rings is 2. The maximum atomic E-state index is 14.4. The van der Waals surface area contributed by atoms with Crippen LogP contribution in [0.2, 0.25) is 0 Å². The van der Waals surface area contributed by atoms with Crippen LogP contribution in [0, 0.1) is 22.7 Å². The van der Waals surface area contributed by atoms with Gasteiger partial charge in [0.2, 0.25) is 41.4 Å². The topological polar surface area (TPSA) is 222 Å². The van der Waals surface area contributed by atoms with E-state index in [9.17, 15) is 38.4 Å². The Morgan fingerprint density at radius 2 is 1.01 bits per heavy atom. The van der Waals surface area contributed by atoms with Crippen molar-refractivity contribution in [1.82, 2.24) is 51.5 Å². The van der Waals surface area contributed by atoms with Gasteiger partial charge in [0.25, 0.3) is 0 Å².